The van der Waals surface area contributed by atoms with Gasteiger partial charge in [0.05, 0.1) is 21.8 Å². The molecule has 0 aliphatic carbocycles. The first-order chi connectivity index (χ1) is 10.1. The predicted octanol–water partition coefficient (Wildman–Crippen LogP) is 3.54. The van der Waals surface area contributed by atoms with Crippen LogP contribution in [0.1, 0.15) is 42.6 Å². The van der Waals surface area contributed by atoms with Gasteiger partial charge in [0.25, 0.3) is 0 Å². The summed E-state index contributed by atoms with van der Waals surface area (Å²) < 4.78 is 0. The minimum Gasteiger partial charge on any atom is -0.287 e. The molecule has 21 heavy (non-hydrogen) atoms. The van der Waals surface area contributed by atoms with E-state index in [1.807, 2.05) is 6.92 Å². The first kappa shape index (κ1) is 14.8. The van der Waals surface area contributed by atoms with Crippen molar-refractivity contribution in [2.75, 3.05) is 6.54 Å². The molecule has 1 N–H and O–H groups in total. The van der Waals surface area contributed by atoms with E-state index in [-0.39, 0.29) is 6.04 Å². The van der Waals surface area contributed by atoms with E-state index >= 15 is 0 Å². The highest BCUT2D eigenvalue weighted by molar-refractivity contribution is 6.34. The summed E-state index contributed by atoms with van der Waals surface area (Å²) in [7, 11) is 0. The lowest BCUT2D eigenvalue weighted by Crippen LogP contribution is -2.34. The molecule has 1 saturated heterocycles. The van der Waals surface area contributed by atoms with E-state index in [0.717, 1.165) is 30.3 Å². The lowest BCUT2D eigenvalue weighted by molar-refractivity contribution is 0.132. The minimum atomic E-state index is 0.220. The number of nitrogens with one attached hydrogen (secondary N) is 1. The zero-order chi connectivity index (χ0) is 14.8. The van der Waals surface area contributed by atoms with Crippen molar-refractivity contribution in [3.63, 3.8) is 0 Å². The molecule has 2 aromatic heterocycles. The van der Waals surface area contributed by atoms with Crippen LogP contribution in [0.25, 0.3) is 0 Å². The second-order valence-electron chi connectivity index (χ2n) is 5.34. The van der Waals surface area contributed by atoms with Gasteiger partial charge in [-0.05, 0) is 32.4 Å². The molecule has 0 spiro atoms. The first-order valence-electron chi connectivity index (χ1n) is 7.06. The van der Waals surface area contributed by atoms with Crippen molar-refractivity contribution >= 4 is 23.2 Å². The van der Waals surface area contributed by atoms with E-state index in [9.17, 15) is 0 Å². The highest BCUT2D eigenvalue weighted by Crippen LogP contribution is 2.31. The van der Waals surface area contributed by atoms with E-state index < -0.39 is 0 Å². The number of rotatable bonds is 3. The lowest BCUT2D eigenvalue weighted by Gasteiger charge is -2.33. The minimum absolute atomic E-state index is 0.220. The summed E-state index contributed by atoms with van der Waals surface area (Å²) in [6, 6.07) is 1.96. The number of aromatic amines is 1. The van der Waals surface area contributed by atoms with Crippen LogP contribution < -0.4 is 0 Å². The third kappa shape index (κ3) is 3.36. The van der Waals surface area contributed by atoms with Crippen molar-refractivity contribution in [1.29, 1.82) is 0 Å². The average molecular weight is 326 g/mol. The maximum atomic E-state index is 6.24. The van der Waals surface area contributed by atoms with Gasteiger partial charge in [-0.1, -0.05) is 29.6 Å². The monoisotopic (exact) mass is 325 g/mol. The molecular weight excluding hydrogens is 309 g/mol. The van der Waals surface area contributed by atoms with Crippen molar-refractivity contribution in [3.05, 3.63) is 39.7 Å². The molecule has 112 valence electrons. The number of aromatic nitrogens is 4. The Morgan fingerprint density at radius 1 is 1.38 bits per heavy atom. The van der Waals surface area contributed by atoms with Gasteiger partial charge < -0.3 is 0 Å². The van der Waals surface area contributed by atoms with E-state index in [2.05, 4.69) is 25.1 Å². The zero-order valence-electron chi connectivity index (χ0n) is 11.8. The fourth-order valence-electron chi connectivity index (χ4n) is 2.73. The van der Waals surface area contributed by atoms with Gasteiger partial charge in [0.15, 0.2) is 5.82 Å². The Morgan fingerprint density at radius 2 is 2.24 bits per heavy atom. The van der Waals surface area contributed by atoms with Crippen molar-refractivity contribution in [3.8, 4) is 0 Å². The molecule has 7 heteroatoms. The fourth-order valence-corrected chi connectivity index (χ4v) is 3.17. The molecule has 2 aromatic rings. The van der Waals surface area contributed by atoms with Crippen LogP contribution >= 0.6 is 23.2 Å². The highest BCUT2D eigenvalue weighted by atomic mass is 35.5. The molecule has 0 radical (unpaired) electrons. The van der Waals surface area contributed by atoms with E-state index in [4.69, 9.17) is 23.2 Å². The van der Waals surface area contributed by atoms with Gasteiger partial charge in [-0.15, -0.1) is 0 Å². The Labute approximate surface area is 133 Å². The second kappa shape index (κ2) is 6.30. The summed E-state index contributed by atoms with van der Waals surface area (Å²) in [4.78, 5) is 11.2. The summed E-state index contributed by atoms with van der Waals surface area (Å²) in [6.45, 7) is 3.61. The van der Waals surface area contributed by atoms with Gasteiger partial charge in [0, 0.05) is 12.7 Å². The number of nitrogens with zero attached hydrogens (tertiary/aromatic N) is 4. The van der Waals surface area contributed by atoms with Crippen molar-refractivity contribution < 1.29 is 0 Å². The van der Waals surface area contributed by atoms with E-state index in [1.54, 1.807) is 12.3 Å². The van der Waals surface area contributed by atoms with Crippen LogP contribution in [-0.4, -0.2) is 31.6 Å². The van der Waals surface area contributed by atoms with E-state index in [0.29, 0.717) is 16.6 Å². The average Bonchev–Trinajstić information content (AvgIpc) is 2.89. The van der Waals surface area contributed by atoms with Gasteiger partial charge in [0.2, 0.25) is 0 Å². The van der Waals surface area contributed by atoms with Gasteiger partial charge in [0.1, 0.15) is 5.82 Å². The molecule has 1 atom stereocenters. The number of likely N-dealkylation sites (tertiary alicyclic amines) is 1. The SMILES string of the molecule is Cc1nc([C@H]2CCCCN2Cc2ncc(Cl)cc2Cl)n[nH]1. The molecule has 3 heterocycles. The smallest absolute Gasteiger partial charge is 0.167 e. The van der Waals surface area contributed by atoms with Crippen molar-refractivity contribution in [2.24, 2.45) is 0 Å². The highest BCUT2D eigenvalue weighted by Gasteiger charge is 2.27. The quantitative estimate of drug-likeness (QED) is 0.937. The Morgan fingerprint density at radius 3 is 2.95 bits per heavy atom. The van der Waals surface area contributed by atoms with Gasteiger partial charge in [-0.3, -0.25) is 15.0 Å². The molecule has 5 nitrogen and oxygen atoms in total. The molecule has 0 amide bonds. The van der Waals surface area contributed by atoms with Crippen LogP contribution in [0.3, 0.4) is 0 Å². The third-order valence-corrected chi connectivity index (χ3v) is 4.30. The summed E-state index contributed by atoms with van der Waals surface area (Å²) in [5.41, 5.74) is 0.847. The van der Waals surface area contributed by atoms with Crippen LogP contribution in [-0.2, 0) is 6.54 Å². The van der Waals surface area contributed by atoms with Crippen LogP contribution in [0.5, 0.6) is 0 Å². The lowest BCUT2D eigenvalue weighted by atomic mass is 10.0. The second-order valence-corrected chi connectivity index (χ2v) is 6.19. The number of piperidine rings is 1. The van der Waals surface area contributed by atoms with Crippen LogP contribution in [0.4, 0.5) is 0 Å². The van der Waals surface area contributed by atoms with Crippen LogP contribution in [0.15, 0.2) is 12.3 Å². The molecule has 0 aromatic carbocycles. The normalized spacial score (nSPS) is 19.9. The number of halogens is 2. The molecule has 0 saturated carbocycles. The Bertz CT molecular complexity index is 628. The largest absolute Gasteiger partial charge is 0.287 e. The number of hydrogen-bond donors (Lipinski definition) is 1. The standard InChI is InChI=1S/C14H17Cl2N5/c1-9-18-14(20-19-9)13-4-2-3-5-21(13)8-12-11(16)6-10(15)7-17-12/h6-7,13H,2-5,8H2,1H3,(H,18,19,20)/t13-/m1/s1. The number of H-pyrrole nitrogens is 1. The van der Waals surface area contributed by atoms with Gasteiger partial charge in [-0.25, -0.2) is 4.98 Å². The summed E-state index contributed by atoms with van der Waals surface area (Å²) >= 11 is 12.1. The summed E-state index contributed by atoms with van der Waals surface area (Å²) in [5.74, 6) is 1.70. The van der Waals surface area contributed by atoms with Gasteiger partial charge >= 0.3 is 0 Å². The molecule has 1 aliphatic rings. The molecule has 0 unspecified atom stereocenters. The van der Waals surface area contributed by atoms with Crippen LogP contribution in [0.2, 0.25) is 10.0 Å². The summed E-state index contributed by atoms with van der Waals surface area (Å²) in [5, 5.41) is 8.41. The first-order valence-corrected chi connectivity index (χ1v) is 7.82. The topological polar surface area (TPSA) is 57.7 Å². The maximum absolute atomic E-state index is 6.24. The number of pyridine rings is 1. The van der Waals surface area contributed by atoms with Crippen LogP contribution in [0, 0.1) is 6.92 Å². The Balaban J connectivity index is 1.81. The molecule has 1 fully saturated rings. The molecular formula is C14H17Cl2N5. The van der Waals surface area contributed by atoms with Crippen molar-refractivity contribution in [1.82, 2.24) is 25.1 Å². The Hall–Kier alpha value is -1.17. The number of hydrogen-bond acceptors (Lipinski definition) is 4. The fraction of sp³-hybridized carbons (Fsp3) is 0.500. The number of aryl methyl sites for hydroxylation is 1. The molecule has 1 aliphatic heterocycles. The predicted molar refractivity (Wildman–Crippen MR) is 82.4 cm³/mol. The molecule has 3 rings (SSSR count). The van der Waals surface area contributed by atoms with Crippen molar-refractivity contribution in [2.45, 2.75) is 38.8 Å². The maximum Gasteiger partial charge on any atom is 0.167 e. The van der Waals surface area contributed by atoms with Gasteiger partial charge in [-0.2, -0.15) is 5.10 Å². The third-order valence-electron chi connectivity index (χ3n) is 3.76. The van der Waals surface area contributed by atoms with E-state index in [1.165, 1.54) is 12.8 Å². The zero-order valence-corrected chi connectivity index (χ0v) is 13.3. The molecule has 0 bridgehead atoms. The Kier molecular flexibility index (Phi) is 4.42. The summed E-state index contributed by atoms with van der Waals surface area (Å²) in [6.07, 6.45) is 5.06.